The lowest BCUT2D eigenvalue weighted by molar-refractivity contribution is -0.127. The number of nitrogens with zero attached hydrogens (tertiary/aromatic N) is 1. The van der Waals surface area contributed by atoms with E-state index in [1.807, 2.05) is 20.8 Å². The molecule has 0 aliphatic carbocycles. The molecule has 1 rings (SSSR count). The third kappa shape index (κ3) is 7.67. The molecule has 1 N–H and O–H groups in total. The minimum Gasteiger partial charge on any atom is -0.273 e. The summed E-state index contributed by atoms with van der Waals surface area (Å²) >= 11 is 0. The average molecular weight is 350 g/mol. The van der Waals surface area contributed by atoms with Crippen LogP contribution >= 0.6 is 0 Å². The van der Waals surface area contributed by atoms with Crippen LogP contribution in [0.3, 0.4) is 0 Å². The summed E-state index contributed by atoms with van der Waals surface area (Å²) in [6.07, 6.45) is 6.96. The fourth-order valence-electron chi connectivity index (χ4n) is 2.52. The molecular formula is C20H31FN2O2. The number of hydrazine groups is 1. The van der Waals surface area contributed by atoms with Crippen LogP contribution in [0.15, 0.2) is 24.3 Å². The van der Waals surface area contributed by atoms with Crippen molar-refractivity contribution in [1.82, 2.24) is 10.4 Å². The molecule has 1 aromatic rings. The van der Waals surface area contributed by atoms with Gasteiger partial charge < -0.3 is 0 Å². The number of hydrogen-bond acceptors (Lipinski definition) is 2. The summed E-state index contributed by atoms with van der Waals surface area (Å²) in [6, 6.07) is 5.50. The van der Waals surface area contributed by atoms with Crippen molar-refractivity contribution >= 4 is 11.8 Å². The molecule has 0 saturated heterocycles. The number of halogens is 1. The minimum absolute atomic E-state index is 0.185. The second-order valence-electron chi connectivity index (χ2n) is 7.37. The normalized spacial score (nSPS) is 11.2. The predicted molar refractivity (Wildman–Crippen MR) is 98.5 cm³/mol. The lowest BCUT2D eigenvalue weighted by atomic mass is 10.1. The zero-order chi connectivity index (χ0) is 18.9. The van der Waals surface area contributed by atoms with Gasteiger partial charge in [-0.15, -0.1) is 0 Å². The molecule has 25 heavy (non-hydrogen) atoms. The molecule has 0 aromatic heterocycles. The van der Waals surface area contributed by atoms with E-state index in [-0.39, 0.29) is 11.5 Å². The van der Waals surface area contributed by atoms with Crippen LogP contribution in [-0.4, -0.2) is 22.4 Å². The van der Waals surface area contributed by atoms with Gasteiger partial charge in [0.15, 0.2) is 0 Å². The number of rotatable bonds is 8. The first-order valence-corrected chi connectivity index (χ1v) is 9.15. The van der Waals surface area contributed by atoms with E-state index >= 15 is 0 Å². The monoisotopic (exact) mass is 350 g/mol. The van der Waals surface area contributed by atoms with Gasteiger partial charge in [-0.2, -0.15) is 0 Å². The molecule has 0 unspecified atom stereocenters. The van der Waals surface area contributed by atoms with Gasteiger partial charge in [0.05, 0.1) is 5.54 Å². The van der Waals surface area contributed by atoms with E-state index in [9.17, 15) is 14.0 Å². The van der Waals surface area contributed by atoms with Crippen molar-refractivity contribution in [3.8, 4) is 0 Å². The second-order valence-corrected chi connectivity index (χ2v) is 7.37. The van der Waals surface area contributed by atoms with E-state index in [4.69, 9.17) is 0 Å². The highest BCUT2D eigenvalue weighted by Gasteiger charge is 2.29. The Kier molecular flexibility index (Phi) is 8.59. The van der Waals surface area contributed by atoms with Crippen LogP contribution in [0.25, 0.3) is 0 Å². The first kappa shape index (κ1) is 21.1. The third-order valence-corrected chi connectivity index (χ3v) is 3.94. The molecular weight excluding hydrogens is 319 g/mol. The summed E-state index contributed by atoms with van der Waals surface area (Å²) in [5.41, 5.74) is 2.31. The fraction of sp³-hybridized carbons (Fsp3) is 0.600. The van der Waals surface area contributed by atoms with Crippen LogP contribution in [0.4, 0.5) is 4.39 Å². The van der Waals surface area contributed by atoms with E-state index < -0.39 is 17.3 Å². The largest absolute Gasteiger partial charge is 0.273 e. The molecule has 0 heterocycles. The van der Waals surface area contributed by atoms with Crippen LogP contribution in [0, 0.1) is 5.82 Å². The van der Waals surface area contributed by atoms with Crippen LogP contribution in [0.2, 0.25) is 0 Å². The van der Waals surface area contributed by atoms with Gasteiger partial charge in [-0.1, -0.05) is 45.1 Å². The van der Waals surface area contributed by atoms with Crippen LogP contribution in [0.5, 0.6) is 0 Å². The van der Waals surface area contributed by atoms with Gasteiger partial charge >= 0.3 is 0 Å². The highest BCUT2D eigenvalue weighted by atomic mass is 19.1. The lowest BCUT2D eigenvalue weighted by Crippen LogP contribution is -2.55. The first-order chi connectivity index (χ1) is 11.8. The zero-order valence-corrected chi connectivity index (χ0v) is 15.9. The van der Waals surface area contributed by atoms with Crippen molar-refractivity contribution in [3.05, 3.63) is 35.6 Å². The van der Waals surface area contributed by atoms with Crippen molar-refractivity contribution < 1.29 is 14.0 Å². The first-order valence-electron chi connectivity index (χ1n) is 9.15. The van der Waals surface area contributed by atoms with E-state index in [0.717, 1.165) is 19.3 Å². The van der Waals surface area contributed by atoms with Crippen LogP contribution in [0.1, 0.15) is 83.0 Å². The van der Waals surface area contributed by atoms with Gasteiger partial charge in [-0.05, 0) is 45.4 Å². The zero-order valence-electron chi connectivity index (χ0n) is 15.9. The molecule has 5 heteroatoms. The Labute approximate surface area is 150 Å². The van der Waals surface area contributed by atoms with Gasteiger partial charge in [0, 0.05) is 12.0 Å². The maximum atomic E-state index is 13.4. The smallest absolute Gasteiger partial charge is 0.272 e. The van der Waals surface area contributed by atoms with Gasteiger partial charge in [-0.3, -0.25) is 15.0 Å². The Morgan fingerprint density at radius 1 is 1.08 bits per heavy atom. The average Bonchev–Trinajstić information content (AvgIpc) is 2.54. The maximum Gasteiger partial charge on any atom is 0.272 e. The number of hydrogen-bond donors (Lipinski definition) is 1. The molecule has 0 bridgehead atoms. The molecule has 4 nitrogen and oxygen atoms in total. The number of benzene rings is 1. The van der Waals surface area contributed by atoms with Gasteiger partial charge in [0.1, 0.15) is 5.82 Å². The van der Waals surface area contributed by atoms with Gasteiger partial charge in [0.25, 0.3) is 5.91 Å². The molecule has 0 aliphatic heterocycles. The number of nitrogens with one attached hydrogen (secondary N) is 1. The van der Waals surface area contributed by atoms with Crippen LogP contribution < -0.4 is 5.43 Å². The summed E-state index contributed by atoms with van der Waals surface area (Å²) in [5, 5.41) is 1.29. The van der Waals surface area contributed by atoms with Crippen molar-refractivity contribution in [2.75, 3.05) is 0 Å². The van der Waals surface area contributed by atoms with E-state index in [2.05, 4.69) is 12.3 Å². The Bertz CT molecular complexity index is 567. The number of carbonyl (C=O) groups excluding carboxylic acids is 2. The summed E-state index contributed by atoms with van der Waals surface area (Å²) in [6.45, 7) is 7.66. The second kappa shape index (κ2) is 10.2. The molecule has 140 valence electrons. The van der Waals surface area contributed by atoms with Crippen molar-refractivity contribution in [2.45, 2.75) is 78.2 Å². The van der Waals surface area contributed by atoms with Crippen molar-refractivity contribution in [1.29, 1.82) is 0 Å². The Morgan fingerprint density at radius 3 is 2.32 bits per heavy atom. The highest BCUT2D eigenvalue weighted by Crippen LogP contribution is 2.16. The molecule has 0 spiro atoms. The summed E-state index contributed by atoms with van der Waals surface area (Å²) in [5.74, 6) is -1.07. The number of unbranched alkanes of at least 4 members (excludes halogenated alkanes) is 5. The lowest BCUT2D eigenvalue weighted by Gasteiger charge is -2.35. The predicted octanol–water partition coefficient (Wildman–Crippen LogP) is 4.85. The molecule has 0 fully saturated rings. The maximum absolute atomic E-state index is 13.4. The van der Waals surface area contributed by atoms with Gasteiger partial charge in [-0.25, -0.2) is 9.40 Å². The van der Waals surface area contributed by atoms with Crippen molar-refractivity contribution in [3.63, 3.8) is 0 Å². The molecule has 0 aliphatic rings. The molecule has 1 aromatic carbocycles. The molecule has 2 amide bonds. The van der Waals surface area contributed by atoms with Crippen molar-refractivity contribution in [2.24, 2.45) is 0 Å². The summed E-state index contributed by atoms with van der Waals surface area (Å²) in [7, 11) is 0. The fourth-order valence-corrected chi connectivity index (χ4v) is 2.52. The van der Waals surface area contributed by atoms with Gasteiger partial charge in [0.2, 0.25) is 5.91 Å². The Balaban J connectivity index is 2.62. The highest BCUT2D eigenvalue weighted by molar-refractivity contribution is 5.95. The summed E-state index contributed by atoms with van der Waals surface area (Å²) < 4.78 is 13.4. The Hall–Kier alpha value is -1.91. The number of carbonyl (C=O) groups is 2. The SMILES string of the molecule is CCCCCCCCC(=O)NN(C(=O)c1cccc(F)c1)C(C)(C)C. The quantitative estimate of drug-likeness (QED) is 0.538. The van der Waals surface area contributed by atoms with E-state index in [1.165, 1.54) is 42.5 Å². The minimum atomic E-state index is -0.611. The molecule has 0 atom stereocenters. The Morgan fingerprint density at radius 2 is 1.72 bits per heavy atom. The third-order valence-electron chi connectivity index (χ3n) is 3.94. The van der Waals surface area contributed by atoms with E-state index in [0.29, 0.717) is 6.42 Å². The summed E-state index contributed by atoms with van der Waals surface area (Å²) in [4.78, 5) is 24.9. The topological polar surface area (TPSA) is 49.4 Å². The molecule has 0 saturated carbocycles. The standard InChI is InChI=1S/C20H31FN2O2/c1-5-6-7-8-9-10-14-18(24)22-23(20(2,3)4)19(25)16-12-11-13-17(21)15-16/h11-13,15H,5-10,14H2,1-4H3,(H,22,24). The number of amides is 2. The molecule has 0 radical (unpaired) electrons. The van der Waals surface area contributed by atoms with E-state index in [1.54, 1.807) is 6.07 Å². The van der Waals surface area contributed by atoms with Crippen LogP contribution in [-0.2, 0) is 4.79 Å².